The normalized spacial score (nSPS) is 20.4. The molecular formula is C42H51N9O5. The number of Topliss-reactive ketones (excluding diaryl/α,β-unsaturated/α-hetero) is 1. The van der Waals surface area contributed by atoms with Crippen LogP contribution in [0.15, 0.2) is 53.6 Å². The summed E-state index contributed by atoms with van der Waals surface area (Å²) in [5, 5.41) is 6.40. The molecule has 0 radical (unpaired) electrons. The van der Waals surface area contributed by atoms with Crippen molar-refractivity contribution in [3.8, 4) is 5.75 Å². The number of ketones is 1. The molecule has 3 aromatic heterocycles. The van der Waals surface area contributed by atoms with Crippen LogP contribution in [0, 0.1) is 6.92 Å². The van der Waals surface area contributed by atoms with E-state index in [1.54, 1.807) is 17.7 Å². The molecule has 8 rings (SSSR count). The molecule has 2 N–H and O–H groups in total. The smallest absolute Gasteiger partial charge is 0.263 e. The van der Waals surface area contributed by atoms with E-state index in [9.17, 15) is 19.2 Å². The number of likely N-dealkylation sites (tertiary alicyclic amines) is 1. The number of aryl methyl sites for hydroxylation is 1. The highest BCUT2D eigenvalue weighted by Crippen LogP contribution is 2.32. The minimum absolute atomic E-state index is 0.0223. The summed E-state index contributed by atoms with van der Waals surface area (Å²) in [6, 6.07) is 12.3. The standard InChI is InChI=1S/C42H51N9O5/c1-27-35-26-44-42(47-39(35)51(31-7-3-4-8-31)41(55)38(27)28(2)52)45-36-12-10-32(25-43-36)50-20-18-49(19-21-50)30-14-16-48(17-15-30)22-23-56-33-9-5-6-29(24-33)34-11-13-37(53)46-40(34)54/h5-6,9-10,12,24-26,30-31,34H,3-4,7-8,11,13-23H2,1-2H3,(H,46,53,54)(H,43,44,45,47). The number of amides is 2. The van der Waals surface area contributed by atoms with Crippen molar-refractivity contribution in [1.82, 2.24) is 34.6 Å². The van der Waals surface area contributed by atoms with Crippen molar-refractivity contribution in [2.24, 2.45) is 0 Å². The molecule has 1 unspecified atom stereocenters. The van der Waals surface area contributed by atoms with E-state index < -0.39 is 0 Å². The van der Waals surface area contributed by atoms with Gasteiger partial charge >= 0.3 is 0 Å². The first-order chi connectivity index (χ1) is 27.2. The minimum atomic E-state index is -0.310. The Bertz CT molecular complexity index is 2150. The number of carbonyl (C=O) groups excluding carboxylic acids is 3. The van der Waals surface area contributed by atoms with Crippen LogP contribution >= 0.6 is 0 Å². The number of ether oxygens (including phenoxy) is 1. The molecule has 4 aromatic rings. The van der Waals surface area contributed by atoms with Gasteiger partial charge in [-0.15, -0.1) is 0 Å². The first-order valence-electron chi connectivity index (χ1n) is 20.2. The van der Waals surface area contributed by atoms with Gasteiger partial charge in [0.25, 0.3) is 5.56 Å². The predicted molar refractivity (Wildman–Crippen MR) is 214 cm³/mol. The number of carbonyl (C=O) groups is 3. The highest BCUT2D eigenvalue weighted by Gasteiger charge is 2.30. The number of fused-ring (bicyclic) bond motifs is 1. The maximum atomic E-state index is 13.6. The lowest BCUT2D eigenvalue weighted by Crippen LogP contribution is -2.53. The Morgan fingerprint density at radius 3 is 2.41 bits per heavy atom. The van der Waals surface area contributed by atoms with E-state index in [2.05, 4.69) is 36.4 Å². The van der Waals surface area contributed by atoms with Crippen LogP contribution in [0.1, 0.15) is 91.7 Å². The molecule has 0 bridgehead atoms. The quantitative estimate of drug-likeness (QED) is 0.160. The average Bonchev–Trinajstić information content (AvgIpc) is 3.73. The Kier molecular flexibility index (Phi) is 11.1. The van der Waals surface area contributed by atoms with Gasteiger partial charge in [-0.25, -0.2) is 9.97 Å². The minimum Gasteiger partial charge on any atom is -0.492 e. The number of nitrogens with zero attached hydrogens (tertiary/aromatic N) is 7. The first-order valence-corrected chi connectivity index (χ1v) is 20.2. The summed E-state index contributed by atoms with van der Waals surface area (Å²) < 4.78 is 7.82. The summed E-state index contributed by atoms with van der Waals surface area (Å²) in [7, 11) is 0. The van der Waals surface area contributed by atoms with E-state index in [0.29, 0.717) is 48.5 Å². The molecule has 1 aromatic carbocycles. The number of imide groups is 1. The molecule has 56 heavy (non-hydrogen) atoms. The number of pyridine rings is 2. The van der Waals surface area contributed by atoms with Gasteiger partial charge in [-0.2, -0.15) is 4.98 Å². The molecular weight excluding hydrogens is 711 g/mol. The molecule has 0 spiro atoms. The zero-order valence-electron chi connectivity index (χ0n) is 32.3. The lowest BCUT2D eigenvalue weighted by atomic mass is 9.90. The molecule has 14 heteroatoms. The second-order valence-corrected chi connectivity index (χ2v) is 15.6. The van der Waals surface area contributed by atoms with E-state index in [-0.39, 0.29) is 40.7 Å². The second kappa shape index (κ2) is 16.5. The number of piperidine rings is 2. The molecule has 4 aliphatic rings. The molecule has 1 aliphatic carbocycles. The fourth-order valence-electron chi connectivity index (χ4n) is 9.05. The van der Waals surface area contributed by atoms with Crippen LogP contribution in [-0.4, -0.2) is 105 Å². The van der Waals surface area contributed by atoms with Crippen molar-refractivity contribution >= 4 is 46.1 Å². The topological polar surface area (TPSA) is 155 Å². The van der Waals surface area contributed by atoms with E-state index in [0.717, 1.165) is 107 Å². The van der Waals surface area contributed by atoms with Crippen molar-refractivity contribution in [3.05, 3.63) is 75.8 Å². The summed E-state index contributed by atoms with van der Waals surface area (Å²) in [6.45, 7) is 10.7. The average molecular weight is 762 g/mol. The maximum absolute atomic E-state index is 13.6. The van der Waals surface area contributed by atoms with Crippen LogP contribution in [0.2, 0.25) is 0 Å². The van der Waals surface area contributed by atoms with Crippen molar-refractivity contribution in [1.29, 1.82) is 0 Å². The molecule has 14 nitrogen and oxygen atoms in total. The third-order valence-electron chi connectivity index (χ3n) is 12.2. The van der Waals surface area contributed by atoms with Crippen LogP contribution in [0.5, 0.6) is 5.75 Å². The van der Waals surface area contributed by atoms with E-state index in [1.165, 1.54) is 6.92 Å². The van der Waals surface area contributed by atoms with Gasteiger partial charge < -0.3 is 15.0 Å². The number of hydrogen-bond donors (Lipinski definition) is 2. The molecule has 3 aliphatic heterocycles. The van der Waals surface area contributed by atoms with Crippen LogP contribution in [-0.2, 0) is 9.59 Å². The summed E-state index contributed by atoms with van der Waals surface area (Å²) in [4.78, 5) is 71.4. The fraction of sp³-hybridized carbons (Fsp3) is 0.500. The van der Waals surface area contributed by atoms with Crippen molar-refractivity contribution < 1.29 is 19.1 Å². The largest absolute Gasteiger partial charge is 0.492 e. The molecule has 6 heterocycles. The monoisotopic (exact) mass is 761 g/mol. The Labute approximate surface area is 326 Å². The molecule has 294 valence electrons. The SMILES string of the molecule is CC(=O)c1c(C)c2cnc(Nc3ccc(N4CCN(C5CCN(CCOc6cccc(C7CCC(=O)NC7=O)c6)CC5)CC4)cn3)nc2n(C2CCCC2)c1=O. The van der Waals surface area contributed by atoms with Gasteiger partial charge in [0.15, 0.2) is 5.78 Å². The molecule has 3 saturated heterocycles. The Balaban J connectivity index is 0.805. The van der Waals surface area contributed by atoms with Crippen molar-refractivity contribution in [2.75, 3.05) is 62.6 Å². The zero-order valence-corrected chi connectivity index (χ0v) is 32.3. The predicted octanol–water partition coefficient (Wildman–Crippen LogP) is 4.74. The fourth-order valence-corrected chi connectivity index (χ4v) is 9.05. The lowest BCUT2D eigenvalue weighted by Gasteiger charge is -2.43. The van der Waals surface area contributed by atoms with Gasteiger partial charge in [0.1, 0.15) is 23.8 Å². The number of rotatable bonds is 11. The zero-order chi connectivity index (χ0) is 38.8. The summed E-state index contributed by atoms with van der Waals surface area (Å²) in [5.74, 6) is 0.768. The Morgan fingerprint density at radius 2 is 1.70 bits per heavy atom. The van der Waals surface area contributed by atoms with Gasteiger partial charge in [-0.3, -0.25) is 38.9 Å². The third-order valence-corrected chi connectivity index (χ3v) is 12.2. The number of nitrogens with one attached hydrogen (secondary N) is 2. The Hall–Kier alpha value is -5.21. The molecule has 4 fully saturated rings. The second-order valence-electron chi connectivity index (χ2n) is 15.6. The highest BCUT2D eigenvalue weighted by molar-refractivity contribution is 6.01. The molecule has 1 atom stereocenters. The number of piperazine rings is 1. The van der Waals surface area contributed by atoms with Crippen molar-refractivity contribution in [2.45, 2.75) is 83.2 Å². The van der Waals surface area contributed by atoms with Gasteiger partial charge in [0.05, 0.1) is 23.4 Å². The summed E-state index contributed by atoms with van der Waals surface area (Å²) in [6.07, 6.45) is 10.7. The number of anilines is 3. The van der Waals surface area contributed by atoms with Gasteiger partial charge in [-0.1, -0.05) is 25.0 Å². The lowest BCUT2D eigenvalue weighted by molar-refractivity contribution is -0.134. The maximum Gasteiger partial charge on any atom is 0.263 e. The number of hydrogen-bond acceptors (Lipinski definition) is 12. The molecule has 2 amide bonds. The van der Waals surface area contributed by atoms with Gasteiger partial charge in [0, 0.05) is 62.8 Å². The van der Waals surface area contributed by atoms with Crippen LogP contribution in [0.4, 0.5) is 17.5 Å². The summed E-state index contributed by atoms with van der Waals surface area (Å²) >= 11 is 0. The van der Waals surface area contributed by atoms with Gasteiger partial charge in [0.2, 0.25) is 17.8 Å². The first kappa shape index (κ1) is 37.7. The Morgan fingerprint density at radius 1 is 0.911 bits per heavy atom. The van der Waals surface area contributed by atoms with Crippen LogP contribution < -0.4 is 25.8 Å². The number of aromatic nitrogens is 4. The van der Waals surface area contributed by atoms with E-state index in [4.69, 9.17) is 14.7 Å². The van der Waals surface area contributed by atoms with E-state index >= 15 is 0 Å². The van der Waals surface area contributed by atoms with Crippen LogP contribution in [0.3, 0.4) is 0 Å². The summed E-state index contributed by atoms with van der Waals surface area (Å²) in [5.41, 5.74) is 3.12. The molecule has 1 saturated carbocycles. The third kappa shape index (κ3) is 8.03. The van der Waals surface area contributed by atoms with Gasteiger partial charge in [-0.05, 0) is 94.4 Å². The highest BCUT2D eigenvalue weighted by atomic mass is 16.5. The van der Waals surface area contributed by atoms with Crippen LogP contribution in [0.25, 0.3) is 11.0 Å². The number of benzene rings is 1. The van der Waals surface area contributed by atoms with E-state index in [1.807, 2.05) is 36.5 Å². The van der Waals surface area contributed by atoms with Crippen molar-refractivity contribution in [3.63, 3.8) is 0 Å².